The van der Waals surface area contributed by atoms with Crippen LogP contribution in [0.2, 0.25) is 0 Å². The number of nitrogens with one attached hydrogen (secondary N) is 1. The number of quaternary nitrogens is 1. The van der Waals surface area contributed by atoms with Gasteiger partial charge in [0.25, 0.3) is 0 Å². The van der Waals surface area contributed by atoms with E-state index in [1.54, 1.807) is 4.90 Å². The molecule has 2 aliphatic rings. The van der Waals surface area contributed by atoms with Crippen molar-refractivity contribution in [2.45, 2.75) is 63.4 Å². The van der Waals surface area contributed by atoms with Crippen LogP contribution in [0.1, 0.15) is 57.8 Å². The minimum Gasteiger partial charge on any atom is -0.378 e. The van der Waals surface area contributed by atoms with Crippen molar-refractivity contribution in [2.75, 3.05) is 19.6 Å². The van der Waals surface area contributed by atoms with Crippen molar-refractivity contribution in [1.82, 2.24) is 0 Å². The average Bonchev–Trinajstić information content (AvgIpc) is 2.58. The normalized spacial score (nSPS) is 25.7. The van der Waals surface area contributed by atoms with Crippen molar-refractivity contribution in [3.63, 3.8) is 0 Å². The summed E-state index contributed by atoms with van der Waals surface area (Å²) in [6.45, 7) is 3.47. The van der Waals surface area contributed by atoms with Crippen LogP contribution >= 0.6 is 0 Å². The van der Waals surface area contributed by atoms with Gasteiger partial charge in [0.15, 0.2) is 0 Å². The fourth-order valence-electron chi connectivity index (χ4n) is 3.00. The highest BCUT2D eigenvalue weighted by Crippen LogP contribution is 2.26. The molecule has 0 aromatic carbocycles. The molecule has 2 rings (SSSR count). The van der Waals surface area contributed by atoms with Gasteiger partial charge in [-0.1, -0.05) is 12.3 Å². The van der Waals surface area contributed by atoms with Crippen LogP contribution in [-0.4, -0.2) is 30.3 Å². The standard InChI is InChI=1S/C15H25NO/c17-15(9-4-3-5-10-15)11-8-14-16-12-6-1-2-7-13-16/h17H,1-7,9-10,12-14H2/p+1. The molecular weight excluding hydrogens is 210 g/mol. The second kappa shape index (κ2) is 6.42. The Kier molecular flexibility index (Phi) is 4.88. The molecule has 1 saturated carbocycles. The van der Waals surface area contributed by atoms with Crippen LogP contribution < -0.4 is 4.90 Å². The Morgan fingerprint density at radius 2 is 1.47 bits per heavy atom. The number of rotatable bonds is 1. The highest BCUT2D eigenvalue weighted by molar-refractivity contribution is 5.14. The van der Waals surface area contributed by atoms with Gasteiger partial charge in [0, 0.05) is 0 Å². The molecule has 0 radical (unpaired) electrons. The fourth-order valence-corrected chi connectivity index (χ4v) is 3.00. The summed E-state index contributed by atoms with van der Waals surface area (Å²) in [4.78, 5) is 1.62. The molecule has 1 aliphatic carbocycles. The maximum absolute atomic E-state index is 10.3. The monoisotopic (exact) mass is 236 g/mol. The Bertz CT molecular complexity index is 275. The van der Waals surface area contributed by atoms with Crippen molar-refractivity contribution in [1.29, 1.82) is 0 Å². The lowest BCUT2D eigenvalue weighted by Gasteiger charge is -2.26. The summed E-state index contributed by atoms with van der Waals surface area (Å²) in [6.07, 6.45) is 10.8. The molecule has 96 valence electrons. The lowest BCUT2D eigenvalue weighted by molar-refractivity contribution is -0.891. The highest BCUT2D eigenvalue weighted by atomic mass is 16.3. The lowest BCUT2D eigenvalue weighted by Crippen LogP contribution is -3.11. The maximum Gasteiger partial charge on any atom is 0.139 e. The molecule has 17 heavy (non-hydrogen) atoms. The molecule has 1 aliphatic heterocycles. The minimum atomic E-state index is -0.649. The van der Waals surface area contributed by atoms with Gasteiger partial charge in [0.1, 0.15) is 12.1 Å². The van der Waals surface area contributed by atoms with Gasteiger partial charge in [-0.05, 0) is 57.3 Å². The minimum absolute atomic E-state index is 0.649. The molecule has 0 unspecified atom stereocenters. The summed E-state index contributed by atoms with van der Waals surface area (Å²) in [6, 6.07) is 0. The number of likely N-dealkylation sites (tertiary alicyclic amines) is 1. The van der Waals surface area contributed by atoms with E-state index in [0.717, 1.165) is 32.2 Å². The van der Waals surface area contributed by atoms with Gasteiger partial charge < -0.3 is 10.0 Å². The second-order valence-corrected chi connectivity index (χ2v) is 5.74. The van der Waals surface area contributed by atoms with E-state index in [9.17, 15) is 5.11 Å². The Morgan fingerprint density at radius 1 is 0.882 bits per heavy atom. The first kappa shape index (κ1) is 12.9. The molecule has 2 heteroatoms. The van der Waals surface area contributed by atoms with Gasteiger partial charge in [-0.25, -0.2) is 0 Å². The van der Waals surface area contributed by atoms with Gasteiger partial charge in [-0.15, -0.1) is 0 Å². The molecule has 0 aromatic heterocycles. The SMILES string of the molecule is OC1(C#CC[NH+]2CCCCCC2)CCCCC1. The number of hydrogen-bond acceptors (Lipinski definition) is 1. The number of hydrogen-bond donors (Lipinski definition) is 2. The molecule has 0 bridgehead atoms. The van der Waals surface area contributed by atoms with E-state index in [1.807, 2.05) is 0 Å². The van der Waals surface area contributed by atoms with Crippen molar-refractivity contribution >= 4 is 0 Å². The van der Waals surface area contributed by atoms with Crippen LogP contribution in [0.3, 0.4) is 0 Å². The Labute approximate surface area is 105 Å². The van der Waals surface area contributed by atoms with Gasteiger partial charge in [0.05, 0.1) is 13.1 Å². The zero-order valence-corrected chi connectivity index (χ0v) is 10.9. The molecule has 0 amide bonds. The first-order chi connectivity index (χ1) is 8.29. The zero-order valence-electron chi connectivity index (χ0n) is 10.9. The molecular formula is C15H26NO+. The van der Waals surface area contributed by atoms with E-state index in [-0.39, 0.29) is 0 Å². The predicted octanol–water partition coefficient (Wildman–Crippen LogP) is 1.14. The van der Waals surface area contributed by atoms with Crippen molar-refractivity contribution in [2.24, 2.45) is 0 Å². The molecule has 2 nitrogen and oxygen atoms in total. The summed E-state index contributed by atoms with van der Waals surface area (Å²) in [5, 5.41) is 10.3. The quantitative estimate of drug-likeness (QED) is 0.656. The van der Waals surface area contributed by atoms with E-state index in [1.165, 1.54) is 45.2 Å². The Hall–Kier alpha value is -0.520. The molecule has 1 saturated heterocycles. The topological polar surface area (TPSA) is 24.7 Å². The van der Waals surface area contributed by atoms with Crippen LogP contribution in [-0.2, 0) is 0 Å². The lowest BCUT2D eigenvalue weighted by atomic mass is 9.85. The maximum atomic E-state index is 10.3. The third kappa shape index (κ3) is 4.33. The van der Waals surface area contributed by atoms with Crippen molar-refractivity contribution in [3.05, 3.63) is 0 Å². The van der Waals surface area contributed by atoms with E-state index >= 15 is 0 Å². The van der Waals surface area contributed by atoms with Gasteiger partial charge >= 0.3 is 0 Å². The van der Waals surface area contributed by atoms with Crippen LogP contribution in [0.5, 0.6) is 0 Å². The summed E-state index contributed by atoms with van der Waals surface area (Å²) >= 11 is 0. The predicted molar refractivity (Wildman–Crippen MR) is 69.8 cm³/mol. The molecule has 0 spiro atoms. The van der Waals surface area contributed by atoms with Gasteiger partial charge in [0.2, 0.25) is 0 Å². The first-order valence-corrected chi connectivity index (χ1v) is 7.34. The van der Waals surface area contributed by atoms with Crippen LogP contribution in [0.4, 0.5) is 0 Å². The third-order valence-electron chi connectivity index (χ3n) is 4.15. The third-order valence-corrected chi connectivity index (χ3v) is 4.15. The van der Waals surface area contributed by atoms with E-state index in [0.29, 0.717) is 0 Å². The van der Waals surface area contributed by atoms with Gasteiger partial charge in [-0.2, -0.15) is 0 Å². The van der Waals surface area contributed by atoms with E-state index in [2.05, 4.69) is 11.8 Å². The molecule has 2 fully saturated rings. The molecule has 2 N–H and O–H groups in total. The largest absolute Gasteiger partial charge is 0.378 e. The highest BCUT2D eigenvalue weighted by Gasteiger charge is 2.26. The van der Waals surface area contributed by atoms with E-state index < -0.39 is 5.60 Å². The van der Waals surface area contributed by atoms with Crippen molar-refractivity contribution < 1.29 is 10.0 Å². The average molecular weight is 236 g/mol. The summed E-state index contributed by atoms with van der Waals surface area (Å²) in [5.41, 5.74) is -0.649. The van der Waals surface area contributed by atoms with Crippen LogP contribution in [0.15, 0.2) is 0 Å². The molecule has 0 aromatic rings. The molecule has 0 atom stereocenters. The van der Waals surface area contributed by atoms with Crippen LogP contribution in [0, 0.1) is 11.8 Å². The molecule has 1 heterocycles. The number of aliphatic hydroxyl groups is 1. The fraction of sp³-hybridized carbons (Fsp3) is 0.867. The van der Waals surface area contributed by atoms with E-state index in [4.69, 9.17) is 0 Å². The van der Waals surface area contributed by atoms with Gasteiger partial charge in [-0.3, -0.25) is 0 Å². The Balaban J connectivity index is 1.79. The summed E-state index contributed by atoms with van der Waals surface area (Å²) in [5.74, 6) is 6.41. The summed E-state index contributed by atoms with van der Waals surface area (Å²) in [7, 11) is 0. The second-order valence-electron chi connectivity index (χ2n) is 5.74. The van der Waals surface area contributed by atoms with Crippen molar-refractivity contribution in [3.8, 4) is 11.8 Å². The summed E-state index contributed by atoms with van der Waals surface area (Å²) < 4.78 is 0. The zero-order chi connectivity index (χ0) is 12.0. The van der Waals surface area contributed by atoms with Crippen LogP contribution in [0.25, 0.3) is 0 Å². The first-order valence-electron chi connectivity index (χ1n) is 7.34. The smallest absolute Gasteiger partial charge is 0.139 e. The Morgan fingerprint density at radius 3 is 2.12 bits per heavy atom.